The lowest BCUT2D eigenvalue weighted by Crippen LogP contribution is -1.89. The van der Waals surface area contributed by atoms with Crippen molar-refractivity contribution in [3.8, 4) is 39.4 Å². The van der Waals surface area contributed by atoms with E-state index in [-0.39, 0.29) is 0 Å². The average molecular weight is 512 g/mol. The Morgan fingerprint density at radius 3 is 1.93 bits per heavy atom. The SMILES string of the molecule is N#Cc1cccc(-c2cc(-c3cccc4c3oc3ccccc34)ccc2-c2ccc3oc4ccccc4c3c2)c1. The first-order chi connectivity index (χ1) is 19.8. The molecule has 0 aliphatic heterocycles. The van der Waals surface area contributed by atoms with Crippen LogP contribution in [0.4, 0.5) is 0 Å². The number of hydrogen-bond acceptors (Lipinski definition) is 3. The van der Waals surface area contributed by atoms with Crippen molar-refractivity contribution in [1.82, 2.24) is 0 Å². The van der Waals surface area contributed by atoms with Gasteiger partial charge in [-0.25, -0.2) is 0 Å². The zero-order chi connectivity index (χ0) is 26.6. The second-order valence-corrected chi connectivity index (χ2v) is 10.0. The fourth-order valence-corrected chi connectivity index (χ4v) is 5.83. The van der Waals surface area contributed by atoms with Gasteiger partial charge in [-0.05, 0) is 70.3 Å². The van der Waals surface area contributed by atoms with Gasteiger partial charge in [0.05, 0.1) is 11.6 Å². The smallest absolute Gasteiger partial charge is 0.143 e. The Morgan fingerprint density at radius 2 is 1.07 bits per heavy atom. The monoisotopic (exact) mass is 511 g/mol. The van der Waals surface area contributed by atoms with Crippen LogP contribution in [-0.4, -0.2) is 0 Å². The first-order valence-corrected chi connectivity index (χ1v) is 13.2. The lowest BCUT2D eigenvalue weighted by atomic mass is 9.89. The van der Waals surface area contributed by atoms with Gasteiger partial charge in [0.25, 0.3) is 0 Å². The molecular weight excluding hydrogens is 490 g/mol. The maximum absolute atomic E-state index is 9.64. The van der Waals surface area contributed by atoms with E-state index in [1.165, 1.54) is 0 Å². The van der Waals surface area contributed by atoms with Crippen LogP contribution >= 0.6 is 0 Å². The molecule has 0 bridgehead atoms. The highest BCUT2D eigenvalue weighted by molar-refractivity contribution is 6.10. The minimum Gasteiger partial charge on any atom is -0.456 e. The van der Waals surface area contributed by atoms with E-state index in [0.29, 0.717) is 5.56 Å². The third-order valence-corrected chi connectivity index (χ3v) is 7.73. The predicted molar refractivity (Wildman–Crippen MR) is 162 cm³/mol. The topological polar surface area (TPSA) is 50.1 Å². The maximum atomic E-state index is 9.64. The van der Waals surface area contributed by atoms with Crippen LogP contribution in [-0.2, 0) is 0 Å². The minimum atomic E-state index is 0.629. The van der Waals surface area contributed by atoms with Crippen molar-refractivity contribution in [2.24, 2.45) is 0 Å². The molecule has 186 valence electrons. The van der Waals surface area contributed by atoms with Gasteiger partial charge < -0.3 is 8.83 Å². The molecule has 0 N–H and O–H groups in total. The minimum absolute atomic E-state index is 0.629. The Kier molecular flexibility index (Phi) is 4.89. The number of furan rings is 2. The Morgan fingerprint density at radius 1 is 0.425 bits per heavy atom. The lowest BCUT2D eigenvalue weighted by molar-refractivity contribution is 0.669. The molecule has 0 spiro atoms. The molecule has 3 nitrogen and oxygen atoms in total. The fourth-order valence-electron chi connectivity index (χ4n) is 5.83. The predicted octanol–water partition coefficient (Wildman–Crippen LogP) is 10.4. The first kappa shape index (κ1) is 22.4. The molecule has 3 heteroatoms. The zero-order valence-corrected chi connectivity index (χ0v) is 21.4. The zero-order valence-electron chi connectivity index (χ0n) is 21.4. The van der Waals surface area contributed by atoms with Crippen LogP contribution in [0.3, 0.4) is 0 Å². The molecule has 0 aliphatic carbocycles. The summed E-state index contributed by atoms with van der Waals surface area (Å²) in [7, 11) is 0. The number of para-hydroxylation sites is 3. The van der Waals surface area contributed by atoms with Crippen LogP contribution in [0.1, 0.15) is 5.56 Å². The van der Waals surface area contributed by atoms with Crippen LogP contribution in [0, 0.1) is 11.3 Å². The van der Waals surface area contributed by atoms with Crippen molar-refractivity contribution in [2.45, 2.75) is 0 Å². The van der Waals surface area contributed by atoms with E-state index in [4.69, 9.17) is 8.83 Å². The molecular formula is C37H21NO2. The highest BCUT2D eigenvalue weighted by atomic mass is 16.3. The summed E-state index contributed by atoms with van der Waals surface area (Å²) in [6, 6.07) is 45.6. The molecule has 0 amide bonds. The molecule has 2 aromatic heterocycles. The highest BCUT2D eigenvalue weighted by Gasteiger charge is 2.16. The molecule has 0 unspecified atom stereocenters. The van der Waals surface area contributed by atoms with Crippen LogP contribution < -0.4 is 0 Å². The van der Waals surface area contributed by atoms with E-state index >= 15 is 0 Å². The summed E-state index contributed by atoms with van der Waals surface area (Å²) in [6.45, 7) is 0. The summed E-state index contributed by atoms with van der Waals surface area (Å²) in [4.78, 5) is 0. The van der Waals surface area contributed by atoms with E-state index in [1.807, 2.05) is 60.7 Å². The van der Waals surface area contributed by atoms with E-state index in [0.717, 1.165) is 77.3 Å². The van der Waals surface area contributed by atoms with Crippen molar-refractivity contribution in [3.05, 3.63) is 133 Å². The summed E-state index contributed by atoms with van der Waals surface area (Å²) in [5, 5.41) is 14.0. The summed E-state index contributed by atoms with van der Waals surface area (Å²) >= 11 is 0. The normalized spacial score (nSPS) is 11.5. The maximum Gasteiger partial charge on any atom is 0.143 e. The van der Waals surface area contributed by atoms with Crippen molar-refractivity contribution in [1.29, 1.82) is 5.26 Å². The van der Waals surface area contributed by atoms with Crippen LogP contribution in [0.25, 0.3) is 77.3 Å². The van der Waals surface area contributed by atoms with Gasteiger partial charge in [0.1, 0.15) is 22.3 Å². The van der Waals surface area contributed by atoms with Crippen LogP contribution in [0.5, 0.6) is 0 Å². The Balaban J connectivity index is 1.38. The molecule has 0 aliphatic rings. The highest BCUT2D eigenvalue weighted by Crippen LogP contribution is 2.41. The Bertz CT molecular complexity index is 2290. The quantitative estimate of drug-likeness (QED) is 0.237. The number of benzene rings is 6. The molecule has 40 heavy (non-hydrogen) atoms. The summed E-state index contributed by atoms with van der Waals surface area (Å²) < 4.78 is 12.4. The molecule has 0 fully saturated rings. The van der Waals surface area contributed by atoms with E-state index in [9.17, 15) is 5.26 Å². The van der Waals surface area contributed by atoms with Gasteiger partial charge in [0, 0.05) is 27.1 Å². The van der Waals surface area contributed by atoms with Gasteiger partial charge in [-0.2, -0.15) is 5.26 Å². The molecule has 0 saturated heterocycles. The number of nitriles is 1. The van der Waals surface area contributed by atoms with Gasteiger partial charge in [-0.3, -0.25) is 0 Å². The Labute approximate surface area is 230 Å². The van der Waals surface area contributed by atoms with Crippen molar-refractivity contribution >= 4 is 43.9 Å². The van der Waals surface area contributed by atoms with Crippen molar-refractivity contribution < 1.29 is 8.83 Å². The number of nitrogens with zero attached hydrogens (tertiary/aromatic N) is 1. The average Bonchev–Trinajstić information content (AvgIpc) is 3.59. The van der Waals surface area contributed by atoms with E-state index < -0.39 is 0 Å². The van der Waals surface area contributed by atoms with Gasteiger partial charge >= 0.3 is 0 Å². The standard InChI is InChI=1S/C37H21NO2/c38-22-23-7-5-8-24(19-23)32-20-26(28-11-6-12-31-29-9-1-4-14-35(29)40-37(28)31)15-17-27(32)25-16-18-36-33(21-25)30-10-2-3-13-34(30)39-36/h1-21H. The fraction of sp³-hybridized carbons (Fsp3) is 0. The second-order valence-electron chi connectivity index (χ2n) is 10.0. The number of hydrogen-bond donors (Lipinski definition) is 0. The van der Waals surface area contributed by atoms with Gasteiger partial charge in [0.2, 0.25) is 0 Å². The van der Waals surface area contributed by atoms with Gasteiger partial charge in [0.15, 0.2) is 0 Å². The first-order valence-electron chi connectivity index (χ1n) is 13.2. The molecule has 0 radical (unpaired) electrons. The third kappa shape index (κ3) is 3.44. The van der Waals surface area contributed by atoms with Crippen molar-refractivity contribution in [2.75, 3.05) is 0 Å². The van der Waals surface area contributed by atoms with E-state index in [2.05, 4.69) is 72.8 Å². The van der Waals surface area contributed by atoms with E-state index in [1.54, 1.807) is 0 Å². The van der Waals surface area contributed by atoms with Crippen LogP contribution in [0.2, 0.25) is 0 Å². The molecule has 0 atom stereocenters. The number of fused-ring (bicyclic) bond motifs is 6. The summed E-state index contributed by atoms with van der Waals surface area (Å²) in [5.74, 6) is 0. The largest absolute Gasteiger partial charge is 0.456 e. The third-order valence-electron chi connectivity index (χ3n) is 7.73. The molecule has 0 saturated carbocycles. The molecule has 6 aromatic carbocycles. The van der Waals surface area contributed by atoms with Crippen molar-refractivity contribution in [3.63, 3.8) is 0 Å². The number of rotatable bonds is 3. The van der Waals surface area contributed by atoms with Gasteiger partial charge in [-0.1, -0.05) is 84.9 Å². The molecule has 2 heterocycles. The summed E-state index contributed by atoms with van der Waals surface area (Å²) in [6.07, 6.45) is 0. The lowest BCUT2D eigenvalue weighted by Gasteiger charge is -2.14. The van der Waals surface area contributed by atoms with Crippen LogP contribution in [0.15, 0.2) is 136 Å². The second kappa shape index (κ2) is 8.73. The molecule has 8 aromatic rings. The summed E-state index contributed by atoms with van der Waals surface area (Å²) in [5.41, 5.74) is 10.4. The Hall–Kier alpha value is -5.59. The molecule has 8 rings (SSSR count). The van der Waals surface area contributed by atoms with Gasteiger partial charge in [-0.15, -0.1) is 0 Å².